The van der Waals surface area contributed by atoms with E-state index in [1.165, 1.54) is 25.6 Å². The van der Waals surface area contributed by atoms with Crippen LogP contribution in [0.1, 0.15) is 37.8 Å². The van der Waals surface area contributed by atoms with E-state index in [2.05, 4.69) is 25.2 Å². The summed E-state index contributed by atoms with van der Waals surface area (Å²) in [4.78, 5) is 40.1. The number of methoxy groups -OCH3 is 2. The van der Waals surface area contributed by atoms with Gasteiger partial charge in [0.15, 0.2) is 5.13 Å². The Morgan fingerprint density at radius 3 is 2.63 bits per heavy atom. The van der Waals surface area contributed by atoms with Gasteiger partial charge in [0.1, 0.15) is 17.8 Å². The number of rotatable bonds is 6. The molecule has 30 heavy (non-hydrogen) atoms. The number of hydrogen-bond donors (Lipinski definition) is 1. The van der Waals surface area contributed by atoms with Crippen LogP contribution in [0, 0.1) is 0 Å². The molecule has 3 heterocycles. The molecule has 11 heteroatoms. The van der Waals surface area contributed by atoms with Gasteiger partial charge in [0.2, 0.25) is 11.8 Å². The molecule has 0 aliphatic carbocycles. The fourth-order valence-corrected chi connectivity index (χ4v) is 3.91. The topological polar surface area (TPSA) is 116 Å². The Bertz CT molecular complexity index is 918. The normalized spacial score (nSPS) is 13.4. The number of esters is 1. The zero-order valence-electron chi connectivity index (χ0n) is 17.6. The van der Waals surface area contributed by atoms with Gasteiger partial charge < -0.3 is 24.4 Å². The highest BCUT2D eigenvalue weighted by Gasteiger charge is 2.24. The van der Waals surface area contributed by atoms with E-state index in [-0.39, 0.29) is 12.4 Å². The van der Waals surface area contributed by atoms with Gasteiger partial charge in [-0.05, 0) is 20.8 Å². The average Bonchev–Trinajstić information content (AvgIpc) is 3.06. The molecular weight excluding hydrogens is 410 g/mol. The molecular formula is C19H25N5O5S. The molecule has 0 bridgehead atoms. The number of hydrogen-bond acceptors (Lipinski definition) is 10. The van der Waals surface area contributed by atoms with Crippen molar-refractivity contribution in [3.8, 4) is 11.9 Å². The molecule has 162 valence electrons. The van der Waals surface area contributed by atoms with E-state index in [0.717, 1.165) is 10.6 Å². The summed E-state index contributed by atoms with van der Waals surface area (Å²) in [6.45, 7) is 6.55. The Hall–Kier alpha value is -2.95. The number of nitrogens with one attached hydrogen (secondary N) is 1. The summed E-state index contributed by atoms with van der Waals surface area (Å²) < 4.78 is 15.5. The standard InChI is InChI=1S/C19H25N5O5S/c1-19(2,3)29-16(26)9-14(25)22-18-20-11-6-7-24(10-12(11)30-18)13-8-15(27-4)23-17(21-13)28-5/h8H,6-7,9-10H2,1-5H3,(H,20,22,25). The van der Waals surface area contributed by atoms with Crippen LogP contribution < -0.4 is 19.7 Å². The van der Waals surface area contributed by atoms with Crippen molar-refractivity contribution in [3.05, 3.63) is 16.6 Å². The van der Waals surface area contributed by atoms with Crippen LogP contribution in [-0.4, -0.2) is 53.2 Å². The van der Waals surface area contributed by atoms with Gasteiger partial charge >= 0.3 is 12.0 Å². The fraction of sp³-hybridized carbons (Fsp3) is 0.526. The van der Waals surface area contributed by atoms with Crippen LogP contribution >= 0.6 is 11.3 Å². The van der Waals surface area contributed by atoms with E-state index in [9.17, 15) is 9.59 Å². The lowest BCUT2D eigenvalue weighted by atomic mass is 10.2. The van der Waals surface area contributed by atoms with Crippen molar-refractivity contribution >= 4 is 34.2 Å². The molecule has 1 aliphatic heterocycles. The zero-order valence-corrected chi connectivity index (χ0v) is 18.5. The smallest absolute Gasteiger partial charge is 0.321 e. The van der Waals surface area contributed by atoms with E-state index in [0.29, 0.717) is 36.3 Å². The summed E-state index contributed by atoms with van der Waals surface area (Å²) in [7, 11) is 3.04. The number of fused-ring (bicyclic) bond motifs is 1. The monoisotopic (exact) mass is 435 g/mol. The number of aromatic nitrogens is 3. The Morgan fingerprint density at radius 2 is 1.97 bits per heavy atom. The summed E-state index contributed by atoms with van der Waals surface area (Å²) in [5.74, 6) is 0.0898. The average molecular weight is 436 g/mol. The molecule has 1 aliphatic rings. The van der Waals surface area contributed by atoms with Gasteiger partial charge in [0.05, 0.1) is 26.5 Å². The highest BCUT2D eigenvalue weighted by molar-refractivity contribution is 7.15. The second kappa shape index (κ2) is 8.82. The van der Waals surface area contributed by atoms with Crippen LogP contribution in [0.25, 0.3) is 0 Å². The minimum atomic E-state index is -0.631. The molecule has 3 rings (SSSR count). The highest BCUT2D eigenvalue weighted by atomic mass is 32.1. The Labute approximate surface area is 178 Å². The van der Waals surface area contributed by atoms with Crippen molar-refractivity contribution < 1.29 is 23.8 Å². The maximum atomic E-state index is 12.1. The first-order valence-corrected chi connectivity index (χ1v) is 10.2. The van der Waals surface area contributed by atoms with Crippen LogP contribution in [-0.2, 0) is 27.3 Å². The number of anilines is 2. The molecule has 1 amide bonds. The minimum Gasteiger partial charge on any atom is -0.481 e. The van der Waals surface area contributed by atoms with Gasteiger partial charge in [-0.3, -0.25) is 9.59 Å². The summed E-state index contributed by atoms with van der Waals surface area (Å²) in [6.07, 6.45) is 0.344. The first-order valence-electron chi connectivity index (χ1n) is 9.39. The lowest BCUT2D eigenvalue weighted by molar-refractivity contribution is -0.155. The van der Waals surface area contributed by atoms with Crippen molar-refractivity contribution in [2.75, 3.05) is 31.0 Å². The number of ether oxygens (including phenoxy) is 3. The Kier molecular flexibility index (Phi) is 6.40. The summed E-state index contributed by atoms with van der Waals surface area (Å²) in [5.41, 5.74) is 0.296. The lowest BCUT2D eigenvalue weighted by Crippen LogP contribution is -2.30. The van der Waals surface area contributed by atoms with Gasteiger partial charge in [0, 0.05) is 23.9 Å². The lowest BCUT2D eigenvalue weighted by Gasteiger charge is -2.27. The van der Waals surface area contributed by atoms with Crippen LogP contribution in [0.2, 0.25) is 0 Å². The largest absolute Gasteiger partial charge is 0.481 e. The van der Waals surface area contributed by atoms with E-state index < -0.39 is 17.5 Å². The van der Waals surface area contributed by atoms with Gasteiger partial charge in [-0.1, -0.05) is 11.3 Å². The zero-order chi connectivity index (χ0) is 21.9. The summed E-state index contributed by atoms with van der Waals surface area (Å²) >= 11 is 1.38. The van der Waals surface area contributed by atoms with Crippen molar-refractivity contribution in [1.29, 1.82) is 0 Å². The third kappa shape index (κ3) is 5.56. The molecule has 10 nitrogen and oxygen atoms in total. The van der Waals surface area contributed by atoms with Gasteiger partial charge in [0.25, 0.3) is 0 Å². The SMILES string of the molecule is COc1cc(N2CCc3nc(NC(=O)CC(=O)OC(C)(C)C)sc3C2)nc(OC)n1. The quantitative estimate of drug-likeness (QED) is 0.538. The molecule has 2 aromatic rings. The van der Waals surface area contributed by atoms with Crippen LogP contribution in [0.3, 0.4) is 0 Å². The van der Waals surface area contributed by atoms with Gasteiger partial charge in [-0.25, -0.2) is 4.98 Å². The Balaban J connectivity index is 1.66. The third-order valence-electron chi connectivity index (χ3n) is 4.09. The number of thiazole rings is 1. The number of nitrogens with zero attached hydrogens (tertiary/aromatic N) is 4. The summed E-state index contributed by atoms with van der Waals surface area (Å²) in [6, 6.07) is 1.98. The molecule has 0 spiro atoms. The number of amides is 1. The maximum Gasteiger partial charge on any atom is 0.321 e. The van der Waals surface area contributed by atoms with Crippen LogP contribution in [0.5, 0.6) is 11.9 Å². The molecule has 2 aromatic heterocycles. The molecule has 1 N–H and O–H groups in total. The summed E-state index contributed by atoms with van der Waals surface area (Å²) in [5, 5.41) is 3.16. The van der Waals surface area contributed by atoms with Gasteiger partial charge in [-0.15, -0.1) is 0 Å². The van der Waals surface area contributed by atoms with Crippen molar-refractivity contribution in [3.63, 3.8) is 0 Å². The van der Waals surface area contributed by atoms with E-state index in [1.807, 2.05) is 0 Å². The molecule has 0 aromatic carbocycles. The van der Waals surface area contributed by atoms with Crippen molar-refractivity contribution in [1.82, 2.24) is 15.0 Å². The van der Waals surface area contributed by atoms with Crippen molar-refractivity contribution in [2.45, 2.75) is 45.8 Å². The molecule has 0 atom stereocenters. The number of carbonyl (C=O) groups is 2. The number of carbonyl (C=O) groups excluding carboxylic acids is 2. The first kappa shape index (κ1) is 21.8. The first-order chi connectivity index (χ1) is 14.2. The second-order valence-corrected chi connectivity index (χ2v) is 8.71. The molecule has 0 saturated heterocycles. The molecule has 0 saturated carbocycles. The van der Waals surface area contributed by atoms with Crippen molar-refractivity contribution in [2.24, 2.45) is 0 Å². The predicted molar refractivity (Wildman–Crippen MR) is 111 cm³/mol. The highest BCUT2D eigenvalue weighted by Crippen LogP contribution is 2.31. The maximum absolute atomic E-state index is 12.1. The second-order valence-electron chi connectivity index (χ2n) is 7.63. The minimum absolute atomic E-state index is 0.231. The van der Waals surface area contributed by atoms with Gasteiger partial charge in [-0.2, -0.15) is 9.97 Å². The van der Waals surface area contributed by atoms with E-state index >= 15 is 0 Å². The van der Waals surface area contributed by atoms with Crippen LogP contribution in [0.15, 0.2) is 6.07 Å². The van der Waals surface area contributed by atoms with E-state index in [4.69, 9.17) is 14.2 Å². The third-order valence-corrected chi connectivity index (χ3v) is 5.08. The van der Waals surface area contributed by atoms with Crippen LogP contribution in [0.4, 0.5) is 10.9 Å². The molecule has 0 unspecified atom stereocenters. The van der Waals surface area contributed by atoms with E-state index in [1.54, 1.807) is 26.8 Å². The Morgan fingerprint density at radius 1 is 1.20 bits per heavy atom. The fourth-order valence-electron chi connectivity index (χ4n) is 2.87. The molecule has 0 radical (unpaired) electrons. The predicted octanol–water partition coefficient (Wildman–Crippen LogP) is 2.18. The molecule has 0 fully saturated rings.